The van der Waals surface area contributed by atoms with Crippen LogP contribution >= 0.6 is 0 Å². The number of piperazine rings is 1. The number of hydrogen-bond donors (Lipinski definition) is 1. The van der Waals surface area contributed by atoms with Gasteiger partial charge in [0.1, 0.15) is 5.82 Å². The SMILES string of the molecule is CCC1(C)CN(c2ccc(C)c(F)c2)CCN1. The van der Waals surface area contributed by atoms with Crippen LogP contribution in [0.2, 0.25) is 0 Å². The van der Waals surface area contributed by atoms with Crippen LogP contribution in [0.1, 0.15) is 25.8 Å². The van der Waals surface area contributed by atoms with Crippen LogP contribution in [-0.4, -0.2) is 25.2 Å². The zero-order valence-electron chi connectivity index (χ0n) is 10.9. The Kier molecular flexibility index (Phi) is 3.38. The first kappa shape index (κ1) is 12.4. The maximum Gasteiger partial charge on any atom is 0.128 e. The number of anilines is 1. The van der Waals surface area contributed by atoms with Gasteiger partial charge in [0.15, 0.2) is 0 Å². The van der Waals surface area contributed by atoms with Gasteiger partial charge in [-0.3, -0.25) is 0 Å². The monoisotopic (exact) mass is 236 g/mol. The van der Waals surface area contributed by atoms with Gasteiger partial charge in [0, 0.05) is 30.9 Å². The lowest BCUT2D eigenvalue weighted by Crippen LogP contribution is -2.58. The van der Waals surface area contributed by atoms with E-state index in [1.165, 1.54) is 0 Å². The van der Waals surface area contributed by atoms with Crippen LogP contribution in [-0.2, 0) is 0 Å². The Labute approximate surface area is 103 Å². The van der Waals surface area contributed by atoms with Crippen molar-refractivity contribution in [1.82, 2.24) is 5.32 Å². The maximum atomic E-state index is 13.6. The maximum absolute atomic E-state index is 13.6. The first-order valence-corrected chi connectivity index (χ1v) is 6.30. The van der Waals surface area contributed by atoms with Gasteiger partial charge in [-0.2, -0.15) is 0 Å². The molecule has 0 bridgehead atoms. The van der Waals surface area contributed by atoms with Gasteiger partial charge in [-0.05, 0) is 38.0 Å². The van der Waals surface area contributed by atoms with E-state index in [1.807, 2.05) is 12.1 Å². The molecule has 0 saturated carbocycles. The summed E-state index contributed by atoms with van der Waals surface area (Å²) in [6.07, 6.45) is 1.08. The van der Waals surface area contributed by atoms with E-state index in [1.54, 1.807) is 13.0 Å². The number of halogens is 1. The fourth-order valence-electron chi connectivity index (χ4n) is 2.28. The van der Waals surface area contributed by atoms with E-state index in [0.29, 0.717) is 5.56 Å². The molecule has 1 atom stereocenters. The molecule has 0 spiro atoms. The molecule has 17 heavy (non-hydrogen) atoms. The summed E-state index contributed by atoms with van der Waals surface area (Å²) in [6.45, 7) is 9.05. The molecule has 1 heterocycles. The standard InChI is InChI=1S/C14H21FN2/c1-4-14(3)10-17(8-7-16-14)12-6-5-11(2)13(15)9-12/h5-6,9,16H,4,7-8,10H2,1-3H3. The number of aryl methyl sites for hydroxylation is 1. The van der Waals surface area contributed by atoms with E-state index in [-0.39, 0.29) is 11.4 Å². The second kappa shape index (κ2) is 4.65. The highest BCUT2D eigenvalue weighted by Crippen LogP contribution is 2.23. The molecule has 1 saturated heterocycles. The average molecular weight is 236 g/mol. The third-order valence-electron chi connectivity index (χ3n) is 3.77. The molecule has 1 fully saturated rings. The van der Waals surface area contributed by atoms with Gasteiger partial charge in [0.25, 0.3) is 0 Å². The molecule has 0 amide bonds. The molecule has 1 aromatic carbocycles. The quantitative estimate of drug-likeness (QED) is 0.849. The Bertz CT molecular complexity index is 405. The van der Waals surface area contributed by atoms with Crippen LogP contribution in [0.25, 0.3) is 0 Å². The van der Waals surface area contributed by atoms with Gasteiger partial charge in [-0.15, -0.1) is 0 Å². The summed E-state index contributed by atoms with van der Waals surface area (Å²) in [4.78, 5) is 2.27. The Balaban J connectivity index is 2.19. The Hall–Kier alpha value is -1.09. The predicted molar refractivity (Wildman–Crippen MR) is 70.0 cm³/mol. The van der Waals surface area contributed by atoms with E-state index in [4.69, 9.17) is 0 Å². The van der Waals surface area contributed by atoms with Crippen molar-refractivity contribution < 1.29 is 4.39 Å². The van der Waals surface area contributed by atoms with Crippen molar-refractivity contribution >= 4 is 5.69 Å². The molecule has 1 N–H and O–H groups in total. The molecule has 1 aliphatic rings. The lowest BCUT2D eigenvalue weighted by molar-refractivity contribution is 0.314. The number of nitrogens with one attached hydrogen (secondary N) is 1. The zero-order chi connectivity index (χ0) is 12.5. The molecular weight excluding hydrogens is 215 g/mol. The predicted octanol–water partition coefficient (Wildman–Crippen LogP) is 2.71. The number of benzene rings is 1. The molecule has 0 aliphatic carbocycles. The molecular formula is C14H21FN2. The normalized spacial score (nSPS) is 25.1. The molecule has 0 aromatic heterocycles. The Morgan fingerprint density at radius 2 is 2.24 bits per heavy atom. The van der Waals surface area contributed by atoms with E-state index >= 15 is 0 Å². The molecule has 0 radical (unpaired) electrons. The lowest BCUT2D eigenvalue weighted by atomic mass is 9.95. The van der Waals surface area contributed by atoms with Gasteiger partial charge in [-0.25, -0.2) is 4.39 Å². The minimum Gasteiger partial charge on any atom is -0.368 e. The van der Waals surface area contributed by atoms with Crippen LogP contribution in [0.3, 0.4) is 0 Å². The van der Waals surface area contributed by atoms with Gasteiger partial charge in [-0.1, -0.05) is 13.0 Å². The van der Waals surface area contributed by atoms with Crippen LogP contribution in [0.4, 0.5) is 10.1 Å². The van der Waals surface area contributed by atoms with E-state index in [2.05, 4.69) is 24.1 Å². The number of nitrogens with zero attached hydrogens (tertiary/aromatic N) is 1. The molecule has 3 heteroatoms. The summed E-state index contributed by atoms with van der Waals surface area (Å²) in [5.41, 5.74) is 1.84. The molecule has 2 rings (SSSR count). The summed E-state index contributed by atoms with van der Waals surface area (Å²) in [5, 5.41) is 3.54. The largest absolute Gasteiger partial charge is 0.368 e. The summed E-state index contributed by atoms with van der Waals surface area (Å²) >= 11 is 0. The number of rotatable bonds is 2. The van der Waals surface area contributed by atoms with E-state index in [0.717, 1.165) is 31.7 Å². The first-order chi connectivity index (χ1) is 8.04. The van der Waals surface area contributed by atoms with Gasteiger partial charge >= 0.3 is 0 Å². The molecule has 1 unspecified atom stereocenters. The Morgan fingerprint density at radius 3 is 2.88 bits per heavy atom. The molecule has 94 valence electrons. The van der Waals surface area contributed by atoms with Crippen molar-refractivity contribution in [2.45, 2.75) is 32.7 Å². The molecule has 1 aliphatic heterocycles. The fourth-order valence-corrected chi connectivity index (χ4v) is 2.28. The van der Waals surface area contributed by atoms with Crippen molar-refractivity contribution in [3.63, 3.8) is 0 Å². The lowest BCUT2D eigenvalue weighted by Gasteiger charge is -2.42. The van der Waals surface area contributed by atoms with Gasteiger partial charge in [0.05, 0.1) is 0 Å². The third kappa shape index (κ3) is 2.60. The molecule has 2 nitrogen and oxygen atoms in total. The topological polar surface area (TPSA) is 15.3 Å². The van der Waals surface area contributed by atoms with Gasteiger partial charge in [0.2, 0.25) is 0 Å². The second-order valence-electron chi connectivity index (χ2n) is 5.20. The number of hydrogen-bond acceptors (Lipinski definition) is 2. The van der Waals surface area contributed by atoms with Crippen LogP contribution in [0, 0.1) is 12.7 Å². The summed E-state index contributed by atoms with van der Waals surface area (Å²) in [5.74, 6) is -0.112. The minimum absolute atomic E-state index is 0.112. The van der Waals surface area contributed by atoms with Crippen LogP contribution in [0.15, 0.2) is 18.2 Å². The summed E-state index contributed by atoms with van der Waals surface area (Å²) < 4.78 is 13.6. The van der Waals surface area contributed by atoms with Crippen molar-refractivity contribution in [2.24, 2.45) is 0 Å². The van der Waals surface area contributed by atoms with Crippen molar-refractivity contribution in [2.75, 3.05) is 24.5 Å². The third-order valence-corrected chi connectivity index (χ3v) is 3.77. The smallest absolute Gasteiger partial charge is 0.128 e. The summed E-state index contributed by atoms with van der Waals surface area (Å²) in [7, 11) is 0. The van der Waals surface area contributed by atoms with Crippen molar-refractivity contribution in [1.29, 1.82) is 0 Å². The highest BCUT2D eigenvalue weighted by Gasteiger charge is 2.28. The zero-order valence-corrected chi connectivity index (χ0v) is 10.9. The fraction of sp³-hybridized carbons (Fsp3) is 0.571. The summed E-state index contributed by atoms with van der Waals surface area (Å²) in [6, 6.07) is 5.52. The van der Waals surface area contributed by atoms with Crippen molar-refractivity contribution in [3.8, 4) is 0 Å². The molecule has 1 aromatic rings. The highest BCUT2D eigenvalue weighted by atomic mass is 19.1. The van der Waals surface area contributed by atoms with E-state index < -0.39 is 0 Å². The van der Waals surface area contributed by atoms with E-state index in [9.17, 15) is 4.39 Å². The minimum atomic E-state index is -0.112. The second-order valence-corrected chi connectivity index (χ2v) is 5.20. The average Bonchev–Trinajstić information content (AvgIpc) is 2.33. The van der Waals surface area contributed by atoms with Crippen LogP contribution < -0.4 is 10.2 Å². The Morgan fingerprint density at radius 1 is 1.47 bits per heavy atom. The first-order valence-electron chi connectivity index (χ1n) is 6.30. The van der Waals surface area contributed by atoms with Gasteiger partial charge < -0.3 is 10.2 Å². The van der Waals surface area contributed by atoms with Crippen LogP contribution in [0.5, 0.6) is 0 Å². The van der Waals surface area contributed by atoms with Crippen molar-refractivity contribution in [3.05, 3.63) is 29.6 Å². The highest BCUT2D eigenvalue weighted by molar-refractivity contribution is 5.49.